The van der Waals surface area contributed by atoms with Crippen LogP contribution in [0.5, 0.6) is 0 Å². The summed E-state index contributed by atoms with van der Waals surface area (Å²) in [4.78, 5) is 0. The number of hydrogen-bond acceptors (Lipinski definition) is 3. The summed E-state index contributed by atoms with van der Waals surface area (Å²) in [7, 11) is 0. The molecule has 80 valence electrons. The molecule has 14 heavy (non-hydrogen) atoms. The van der Waals surface area contributed by atoms with Crippen molar-refractivity contribution >= 4 is 0 Å². The Bertz CT molecular complexity index is 256. The van der Waals surface area contributed by atoms with E-state index in [0.29, 0.717) is 6.04 Å². The summed E-state index contributed by atoms with van der Waals surface area (Å²) in [5, 5.41) is 13.7. The fraction of sp³-hybridized carbons (Fsp3) is 0.700. The Morgan fingerprint density at radius 2 is 2.36 bits per heavy atom. The van der Waals surface area contributed by atoms with Crippen molar-refractivity contribution in [3.8, 4) is 0 Å². The van der Waals surface area contributed by atoms with Crippen LogP contribution in [0.1, 0.15) is 25.1 Å². The number of nitrogens with zero attached hydrogens (tertiary/aromatic N) is 1. The van der Waals surface area contributed by atoms with Gasteiger partial charge in [0.15, 0.2) is 0 Å². The third-order valence-corrected chi connectivity index (χ3v) is 2.28. The van der Waals surface area contributed by atoms with Crippen molar-refractivity contribution in [2.45, 2.75) is 33.4 Å². The van der Waals surface area contributed by atoms with Gasteiger partial charge >= 0.3 is 0 Å². The lowest BCUT2D eigenvalue weighted by atomic mass is 10.2. The van der Waals surface area contributed by atoms with E-state index < -0.39 is 0 Å². The van der Waals surface area contributed by atoms with E-state index in [4.69, 9.17) is 0 Å². The molecule has 4 heteroatoms. The molecule has 0 aromatic carbocycles. The molecule has 0 aliphatic carbocycles. The van der Waals surface area contributed by atoms with Crippen LogP contribution in [0.15, 0.2) is 6.20 Å². The Morgan fingerprint density at radius 1 is 1.57 bits per heavy atom. The van der Waals surface area contributed by atoms with Crippen LogP contribution in [0, 0.1) is 6.92 Å². The molecular weight excluding hydrogens is 176 g/mol. The van der Waals surface area contributed by atoms with E-state index in [1.54, 1.807) is 0 Å². The predicted octanol–water partition coefficient (Wildman–Crippen LogP) is 0.806. The Kier molecular flexibility index (Phi) is 4.62. The van der Waals surface area contributed by atoms with Crippen molar-refractivity contribution < 1.29 is 0 Å². The van der Waals surface area contributed by atoms with Crippen LogP contribution >= 0.6 is 0 Å². The molecule has 1 unspecified atom stereocenters. The van der Waals surface area contributed by atoms with Crippen LogP contribution in [-0.4, -0.2) is 29.3 Å². The summed E-state index contributed by atoms with van der Waals surface area (Å²) in [6, 6.07) is 0.490. The number of rotatable bonds is 6. The lowest BCUT2D eigenvalue weighted by Crippen LogP contribution is -2.35. The second kappa shape index (κ2) is 5.78. The molecule has 0 spiro atoms. The smallest absolute Gasteiger partial charge is 0.0535 e. The first kappa shape index (κ1) is 11.2. The quantitative estimate of drug-likeness (QED) is 0.631. The Morgan fingerprint density at radius 3 is 2.93 bits per heavy atom. The summed E-state index contributed by atoms with van der Waals surface area (Å²) < 4.78 is 0. The van der Waals surface area contributed by atoms with Gasteiger partial charge in [0.2, 0.25) is 0 Å². The molecule has 0 bridgehead atoms. The molecule has 1 aromatic heterocycles. The van der Waals surface area contributed by atoms with E-state index in [9.17, 15) is 0 Å². The highest BCUT2D eigenvalue weighted by Crippen LogP contribution is 2.01. The van der Waals surface area contributed by atoms with E-state index in [2.05, 4.69) is 34.7 Å². The number of aryl methyl sites for hydroxylation is 1. The SMILES string of the molecule is CCNCC(C)NCc1cn[nH]c1C. The highest BCUT2D eigenvalue weighted by Gasteiger charge is 2.03. The van der Waals surface area contributed by atoms with Crippen LogP contribution in [-0.2, 0) is 6.54 Å². The van der Waals surface area contributed by atoms with Gasteiger partial charge in [-0.3, -0.25) is 5.10 Å². The van der Waals surface area contributed by atoms with Gasteiger partial charge in [-0.2, -0.15) is 5.10 Å². The molecule has 0 aliphatic rings. The lowest BCUT2D eigenvalue weighted by molar-refractivity contribution is 0.508. The van der Waals surface area contributed by atoms with Gasteiger partial charge in [0.25, 0.3) is 0 Å². The summed E-state index contributed by atoms with van der Waals surface area (Å²) in [5.41, 5.74) is 2.39. The summed E-state index contributed by atoms with van der Waals surface area (Å²) >= 11 is 0. The highest BCUT2D eigenvalue weighted by atomic mass is 15.1. The van der Waals surface area contributed by atoms with Gasteiger partial charge in [0.05, 0.1) is 6.20 Å². The molecule has 0 amide bonds. The maximum Gasteiger partial charge on any atom is 0.0535 e. The summed E-state index contributed by atoms with van der Waals surface area (Å²) in [5.74, 6) is 0. The zero-order valence-corrected chi connectivity index (χ0v) is 9.22. The van der Waals surface area contributed by atoms with Crippen molar-refractivity contribution in [1.82, 2.24) is 20.8 Å². The minimum absolute atomic E-state index is 0.490. The van der Waals surface area contributed by atoms with Gasteiger partial charge in [0.1, 0.15) is 0 Å². The van der Waals surface area contributed by atoms with E-state index in [1.807, 2.05) is 13.1 Å². The predicted molar refractivity (Wildman–Crippen MR) is 58.2 cm³/mol. The van der Waals surface area contributed by atoms with Gasteiger partial charge in [-0.15, -0.1) is 0 Å². The van der Waals surface area contributed by atoms with Crippen molar-refractivity contribution in [2.24, 2.45) is 0 Å². The van der Waals surface area contributed by atoms with Crippen molar-refractivity contribution in [3.63, 3.8) is 0 Å². The standard InChI is InChI=1S/C10H20N4/c1-4-11-5-8(2)12-6-10-7-13-14-9(10)3/h7-8,11-12H,4-6H2,1-3H3,(H,13,14). The van der Waals surface area contributed by atoms with Gasteiger partial charge in [-0.05, 0) is 20.4 Å². The molecule has 4 nitrogen and oxygen atoms in total. The average molecular weight is 196 g/mol. The molecular formula is C10H20N4. The molecule has 0 fully saturated rings. The highest BCUT2D eigenvalue weighted by molar-refractivity contribution is 5.13. The van der Waals surface area contributed by atoms with Crippen molar-refractivity contribution in [2.75, 3.05) is 13.1 Å². The van der Waals surface area contributed by atoms with Gasteiger partial charge in [-0.25, -0.2) is 0 Å². The van der Waals surface area contributed by atoms with Crippen molar-refractivity contribution in [3.05, 3.63) is 17.5 Å². The second-order valence-electron chi connectivity index (χ2n) is 3.61. The largest absolute Gasteiger partial charge is 0.315 e. The van der Waals surface area contributed by atoms with E-state index in [-0.39, 0.29) is 0 Å². The average Bonchev–Trinajstić information content (AvgIpc) is 2.58. The van der Waals surface area contributed by atoms with Crippen LogP contribution in [0.2, 0.25) is 0 Å². The fourth-order valence-corrected chi connectivity index (χ4v) is 1.27. The molecule has 0 aliphatic heterocycles. The van der Waals surface area contributed by atoms with E-state index >= 15 is 0 Å². The number of nitrogens with one attached hydrogen (secondary N) is 3. The summed E-state index contributed by atoms with van der Waals surface area (Å²) in [6.07, 6.45) is 1.88. The van der Waals surface area contributed by atoms with Crippen molar-refractivity contribution in [1.29, 1.82) is 0 Å². The topological polar surface area (TPSA) is 52.7 Å². The first-order valence-corrected chi connectivity index (χ1v) is 5.17. The zero-order chi connectivity index (χ0) is 10.4. The number of aromatic amines is 1. The molecule has 1 atom stereocenters. The number of likely N-dealkylation sites (N-methyl/N-ethyl adjacent to an activating group) is 1. The Labute approximate surface area is 85.5 Å². The molecule has 0 saturated heterocycles. The molecule has 1 heterocycles. The minimum atomic E-state index is 0.490. The van der Waals surface area contributed by atoms with Crippen LogP contribution < -0.4 is 10.6 Å². The molecule has 1 rings (SSSR count). The third kappa shape index (κ3) is 3.47. The second-order valence-corrected chi connectivity index (χ2v) is 3.61. The molecule has 3 N–H and O–H groups in total. The maximum absolute atomic E-state index is 3.98. The monoisotopic (exact) mass is 196 g/mol. The maximum atomic E-state index is 3.98. The summed E-state index contributed by atoms with van der Waals surface area (Å²) in [6.45, 7) is 9.25. The van der Waals surface area contributed by atoms with Gasteiger partial charge in [-0.1, -0.05) is 6.92 Å². The number of hydrogen-bond donors (Lipinski definition) is 3. The van der Waals surface area contributed by atoms with Gasteiger partial charge < -0.3 is 10.6 Å². The number of H-pyrrole nitrogens is 1. The Balaban J connectivity index is 2.23. The lowest BCUT2D eigenvalue weighted by Gasteiger charge is -2.13. The Hall–Kier alpha value is -0.870. The van der Waals surface area contributed by atoms with Crippen LogP contribution in [0.25, 0.3) is 0 Å². The normalized spacial score (nSPS) is 13.1. The fourth-order valence-electron chi connectivity index (χ4n) is 1.27. The van der Waals surface area contributed by atoms with E-state index in [1.165, 1.54) is 5.56 Å². The van der Waals surface area contributed by atoms with Crippen LogP contribution in [0.3, 0.4) is 0 Å². The first-order valence-electron chi connectivity index (χ1n) is 5.17. The minimum Gasteiger partial charge on any atom is -0.315 e. The van der Waals surface area contributed by atoms with Crippen LogP contribution in [0.4, 0.5) is 0 Å². The molecule has 0 saturated carbocycles. The number of aromatic nitrogens is 2. The van der Waals surface area contributed by atoms with E-state index in [0.717, 1.165) is 25.3 Å². The first-order chi connectivity index (χ1) is 6.74. The zero-order valence-electron chi connectivity index (χ0n) is 9.22. The van der Waals surface area contributed by atoms with Gasteiger partial charge in [0, 0.05) is 30.4 Å². The third-order valence-electron chi connectivity index (χ3n) is 2.28. The molecule has 0 radical (unpaired) electrons. The molecule has 1 aromatic rings.